The van der Waals surface area contributed by atoms with Gasteiger partial charge in [0.1, 0.15) is 12.4 Å². The highest BCUT2D eigenvalue weighted by atomic mass is 16.5. The molecule has 0 bridgehead atoms. The van der Waals surface area contributed by atoms with Gasteiger partial charge >= 0.3 is 0 Å². The van der Waals surface area contributed by atoms with Crippen LogP contribution in [0.2, 0.25) is 0 Å². The number of nitrogens with zero attached hydrogens (tertiary/aromatic N) is 4. The van der Waals surface area contributed by atoms with Crippen molar-refractivity contribution in [2.24, 2.45) is 7.05 Å². The van der Waals surface area contributed by atoms with Gasteiger partial charge in [-0.05, 0) is 56.3 Å². The molecule has 4 rings (SSSR count). The minimum Gasteiger partial charge on any atom is -0.491 e. The number of aliphatic hydroxyl groups is 1. The molecule has 1 aliphatic heterocycles. The fraction of sp³-hybridized carbons (Fsp3) is 0.407. The lowest BCUT2D eigenvalue weighted by molar-refractivity contribution is 0.0939. The largest absolute Gasteiger partial charge is 0.491 e. The van der Waals surface area contributed by atoms with Crippen LogP contribution in [0.15, 0.2) is 48.8 Å². The Balaban J connectivity index is 1.54. The average molecular weight is 478 g/mol. The number of ether oxygens (including phenoxy) is 1. The summed E-state index contributed by atoms with van der Waals surface area (Å²) < 4.78 is 7.48. The second kappa shape index (κ2) is 10.9. The van der Waals surface area contributed by atoms with E-state index in [-0.39, 0.29) is 25.2 Å². The maximum Gasteiger partial charge on any atom is 0.252 e. The first-order valence-corrected chi connectivity index (χ1v) is 12.1. The van der Waals surface area contributed by atoms with Gasteiger partial charge in [-0.15, -0.1) is 0 Å². The predicted octanol–water partition coefficient (Wildman–Crippen LogP) is 3.01. The average Bonchev–Trinajstić information content (AvgIpc) is 3.29. The van der Waals surface area contributed by atoms with Crippen molar-refractivity contribution in [3.8, 4) is 16.9 Å². The van der Waals surface area contributed by atoms with E-state index in [0.29, 0.717) is 11.3 Å². The molecule has 8 heteroatoms. The van der Waals surface area contributed by atoms with Crippen molar-refractivity contribution in [1.29, 1.82) is 0 Å². The van der Waals surface area contributed by atoms with Crippen molar-refractivity contribution >= 4 is 11.6 Å². The molecule has 3 aromatic rings. The molecule has 186 valence electrons. The van der Waals surface area contributed by atoms with Crippen molar-refractivity contribution in [3.63, 3.8) is 0 Å². The monoisotopic (exact) mass is 477 g/mol. The van der Waals surface area contributed by atoms with Gasteiger partial charge in [-0.25, -0.2) is 0 Å². The highest BCUT2D eigenvalue weighted by Gasteiger charge is 2.19. The molecule has 0 spiro atoms. The Morgan fingerprint density at radius 1 is 1.14 bits per heavy atom. The van der Waals surface area contributed by atoms with Crippen LogP contribution >= 0.6 is 0 Å². The van der Waals surface area contributed by atoms with E-state index in [9.17, 15) is 9.90 Å². The highest BCUT2D eigenvalue weighted by molar-refractivity contribution is 5.97. The van der Waals surface area contributed by atoms with Crippen LogP contribution in [0, 0.1) is 6.92 Å². The summed E-state index contributed by atoms with van der Waals surface area (Å²) in [5.41, 5.74) is 5.49. The van der Waals surface area contributed by atoms with Gasteiger partial charge in [0.2, 0.25) is 0 Å². The summed E-state index contributed by atoms with van der Waals surface area (Å²) in [5.74, 6) is 0.583. The summed E-state index contributed by atoms with van der Waals surface area (Å²) in [6.07, 6.45) is 3.70. The lowest BCUT2D eigenvalue weighted by atomic mass is 10.00. The maximum atomic E-state index is 13.3. The molecular formula is C27H35N5O3. The summed E-state index contributed by atoms with van der Waals surface area (Å²) in [5, 5.41) is 16.6. The van der Waals surface area contributed by atoms with Crippen molar-refractivity contribution in [2.45, 2.75) is 19.9 Å². The van der Waals surface area contributed by atoms with E-state index in [1.54, 1.807) is 10.9 Å². The molecule has 0 radical (unpaired) electrons. The van der Waals surface area contributed by atoms with Crippen molar-refractivity contribution in [3.05, 3.63) is 65.5 Å². The highest BCUT2D eigenvalue weighted by Crippen LogP contribution is 2.33. The van der Waals surface area contributed by atoms with E-state index in [4.69, 9.17) is 4.74 Å². The van der Waals surface area contributed by atoms with Crippen molar-refractivity contribution in [2.75, 3.05) is 51.3 Å². The second-order valence-corrected chi connectivity index (χ2v) is 9.22. The molecule has 1 amide bonds. The second-order valence-electron chi connectivity index (χ2n) is 9.22. The summed E-state index contributed by atoms with van der Waals surface area (Å²) in [6, 6.07) is 11.8. The first kappa shape index (κ1) is 24.8. The van der Waals surface area contributed by atoms with Gasteiger partial charge < -0.3 is 25.0 Å². The fourth-order valence-corrected chi connectivity index (χ4v) is 4.36. The third-order valence-electron chi connectivity index (χ3n) is 6.55. The molecule has 0 saturated carbocycles. The zero-order chi connectivity index (χ0) is 24.9. The van der Waals surface area contributed by atoms with Gasteiger partial charge in [0, 0.05) is 61.8 Å². The van der Waals surface area contributed by atoms with Crippen LogP contribution in [0.25, 0.3) is 11.1 Å². The number of hydrogen-bond acceptors (Lipinski definition) is 6. The van der Waals surface area contributed by atoms with E-state index in [0.717, 1.165) is 54.1 Å². The van der Waals surface area contributed by atoms with Gasteiger partial charge in [-0.2, -0.15) is 5.10 Å². The number of rotatable bonds is 8. The number of aliphatic hydroxyl groups excluding tert-OH is 1. The van der Waals surface area contributed by atoms with Crippen LogP contribution in [0.4, 0.5) is 5.69 Å². The standard InChI is InChI=1S/C27H35N5O3/c1-19-5-7-23(32-11-9-30(3)10-12-32)16-24(19)27(34)29-20(2)21-6-8-26(35-14-13-33)25(15-21)22-17-28-31(4)18-22/h5-8,15-18,20,33H,9-14H2,1-4H3,(H,29,34)/t20-/m1/s1. The first-order chi connectivity index (χ1) is 16.9. The number of nitrogens with one attached hydrogen (secondary N) is 1. The Labute approximate surface area is 207 Å². The van der Waals surface area contributed by atoms with E-state index >= 15 is 0 Å². The van der Waals surface area contributed by atoms with E-state index in [2.05, 4.69) is 33.3 Å². The molecule has 0 aliphatic carbocycles. The number of aromatic nitrogens is 2. The van der Waals surface area contributed by atoms with Crippen LogP contribution in [0.1, 0.15) is 34.5 Å². The summed E-state index contributed by atoms with van der Waals surface area (Å²) in [7, 11) is 4.00. The van der Waals surface area contributed by atoms with Gasteiger partial charge in [0.05, 0.1) is 18.8 Å². The molecule has 2 N–H and O–H groups in total. The number of benzene rings is 2. The predicted molar refractivity (Wildman–Crippen MR) is 138 cm³/mol. The third kappa shape index (κ3) is 5.83. The number of aryl methyl sites for hydroxylation is 2. The Morgan fingerprint density at radius 2 is 1.91 bits per heavy atom. The fourth-order valence-electron chi connectivity index (χ4n) is 4.36. The molecule has 1 fully saturated rings. The van der Waals surface area contributed by atoms with Crippen LogP contribution in [0.3, 0.4) is 0 Å². The zero-order valence-electron chi connectivity index (χ0n) is 21.0. The molecule has 1 aliphatic rings. The Hall–Kier alpha value is -3.36. The smallest absolute Gasteiger partial charge is 0.252 e. The zero-order valence-corrected chi connectivity index (χ0v) is 21.0. The van der Waals surface area contributed by atoms with Gasteiger partial charge in [0.15, 0.2) is 0 Å². The number of carbonyl (C=O) groups excluding carboxylic acids is 1. The SMILES string of the molecule is Cc1ccc(N2CCN(C)CC2)cc1C(=O)N[C@H](C)c1ccc(OCCO)c(-c2cnn(C)c2)c1. The Morgan fingerprint density at radius 3 is 2.60 bits per heavy atom. The summed E-state index contributed by atoms with van der Waals surface area (Å²) in [6.45, 7) is 8.05. The molecule has 35 heavy (non-hydrogen) atoms. The Kier molecular flexibility index (Phi) is 7.73. The molecular weight excluding hydrogens is 442 g/mol. The van der Waals surface area contributed by atoms with Crippen LogP contribution in [-0.4, -0.2) is 72.1 Å². The van der Waals surface area contributed by atoms with Gasteiger partial charge in [-0.3, -0.25) is 9.48 Å². The van der Waals surface area contributed by atoms with E-state index < -0.39 is 0 Å². The summed E-state index contributed by atoms with van der Waals surface area (Å²) >= 11 is 0. The van der Waals surface area contributed by atoms with Crippen LogP contribution in [0.5, 0.6) is 5.75 Å². The van der Waals surface area contributed by atoms with Crippen LogP contribution < -0.4 is 15.0 Å². The number of hydrogen-bond donors (Lipinski definition) is 2. The summed E-state index contributed by atoms with van der Waals surface area (Å²) in [4.78, 5) is 18.0. The lowest BCUT2D eigenvalue weighted by Crippen LogP contribution is -2.44. The number of anilines is 1. The number of carbonyl (C=O) groups is 1. The lowest BCUT2D eigenvalue weighted by Gasteiger charge is -2.34. The van der Waals surface area contributed by atoms with E-state index in [1.165, 1.54) is 0 Å². The minimum atomic E-state index is -0.212. The minimum absolute atomic E-state index is 0.0623. The molecule has 1 aromatic heterocycles. The molecule has 1 saturated heterocycles. The van der Waals surface area contributed by atoms with Crippen LogP contribution in [-0.2, 0) is 7.05 Å². The molecule has 1 atom stereocenters. The number of likely N-dealkylation sites (N-methyl/N-ethyl adjacent to an activating group) is 1. The third-order valence-corrected chi connectivity index (χ3v) is 6.55. The normalized spacial score (nSPS) is 15.2. The van der Waals surface area contributed by atoms with Crippen molar-refractivity contribution in [1.82, 2.24) is 20.0 Å². The molecule has 8 nitrogen and oxygen atoms in total. The molecule has 2 aromatic carbocycles. The topological polar surface area (TPSA) is 82.9 Å². The first-order valence-electron chi connectivity index (χ1n) is 12.1. The van der Waals surface area contributed by atoms with Gasteiger partial charge in [-0.1, -0.05) is 12.1 Å². The molecule has 2 heterocycles. The number of piperazine rings is 1. The Bertz CT molecular complexity index is 1170. The maximum absolute atomic E-state index is 13.3. The van der Waals surface area contributed by atoms with E-state index in [1.807, 2.05) is 57.4 Å². The van der Waals surface area contributed by atoms with Crippen molar-refractivity contribution < 1.29 is 14.6 Å². The van der Waals surface area contributed by atoms with Gasteiger partial charge in [0.25, 0.3) is 5.91 Å². The number of amides is 1. The quantitative estimate of drug-likeness (QED) is 0.519. The molecule has 0 unspecified atom stereocenters.